The quantitative estimate of drug-likeness (QED) is 0.800. The molecular weight excluding hydrogens is 320 g/mol. The fourth-order valence-corrected chi connectivity index (χ4v) is 3.46. The third kappa shape index (κ3) is 4.67. The summed E-state index contributed by atoms with van der Waals surface area (Å²) in [5.74, 6) is 2.10. The predicted molar refractivity (Wildman–Crippen MR) is 94.8 cm³/mol. The molecular formula is C18H28N4O3. The van der Waals surface area contributed by atoms with Crippen LogP contribution < -0.4 is 4.90 Å². The zero-order valence-electron chi connectivity index (χ0n) is 15.2. The van der Waals surface area contributed by atoms with Crippen LogP contribution in [0.15, 0.2) is 6.07 Å². The van der Waals surface area contributed by atoms with Gasteiger partial charge in [0.1, 0.15) is 18.2 Å². The molecule has 2 aliphatic heterocycles. The normalized spacial score (nSPS) is 21.4. The number of carbonyl (C=O) groups is 1. The first-order chi connectivity index (χ1) is 12.2. The van der Waals surface area contributed by atoms with Gasteiger partial charge >= 0.3 is 0 Å². The van der Waals surface area contributed by atoms with E-state index >= 15 is 0 Å². The van der Waals surface area contributed by atoms with Gasteiger partial charge in [0.15, 0.2) is 0 Å². The van der Waals surface area contributed by atoms with E-state index in [0.717, 1.165) is 63.0 Å². The summed E-state index contributed by atoms with van der Waals surface area (Å²) in [5, 5.41) is 0. The topological polar surface area (TPSA) is 67.8 Å². The first-order valence-electron chi connectivity index (χ1n) is 9.21. The molecule has 1 atom stereocenters. The van der Waals surface area contributed by atoms with Gasteiger partial charge < -0.3 is 19.3 Å². The van der Waals surface area contributed by atoms with Crippen molar-refractivity contribution in [3.05, 3.63) is 17.6 Å². The van der Waals surface area contributed by atoms with Crippen molar-refractivity contribution >= 4 is 11.7 Å². The van der Waals surface area contributed by atoms with Gasteiger partial charge in [-0.2, -0.15) is 0 Å². The van der Waals surface area contributed by atoms with Gasteiger partial charge in [0.25, 0.3) is 0 Å². The lowest BCUT2D eigenvalue weighted by Crippen LogP contribution is -2.41. The molecule has 7 heteroatoms. The molecule has 138 valence electrons. The number of hydrogen-bond donors (Lipinski definition) is 0. The van der Waals surface area contributed by atoms with Gasteiger partial charge in [-0.3, -0.25) is 4.79 Å². The Morgan fingerprint density at radius 2 is 2.12 bits per heavy atom. The molecule has 0 N–H and O–H groups in total. The Morgan fingerprint density at radius 3 is 2.88 bits per heavy atom. The Kier molecular flexibility index (Phi) is 6.20. The lowest BCUT2D eigenvalue weighted by Gasteiger charge is -2.33. The summed E-state index contributed by atoms with van der Waals surface area (Å²) in [6, 6.07) is 2.10. The Labute approximate surface area is 149 Å². The SMILES string of the molecule is CCOCC(=O)N1CCC[C@H](c2cc(N3CCOCC3)nc(C)n2)C1. The second kappa shape index (κ2) is 8.58. The molecule has 0 saturated carbocycles. The number of hydrogen-bond acceptors (Lipinski definition) is 6. The van der Waals surface area contributed by atoms with Crippen LogP contribution in [0.4, 0.5) is 5.82 Å². The highest BCUT2D eigenvalue weighted by atomic mass is 16.5. The highest BCUT2D eigenvalue weighted by molar-refractivity contribution is 5.77. The van der Waals surface area contributed by atoms with Gasteiger partial charge in [-0.1, -0.05) is 0 Å². The third-order valence-corrected chi connectivity index (χ3v) is 4.80. The Balaban J connectivity index is 1.71. The number of piperidine rings is 1. The smallest absolute Gasteiger partial charge is 0.248 e. The first-order valence-corrected chi connectivity index (χ1v) is 9.21. The van der Waals surface area contributed by atoms with Crippen LogP contribution >= 0.6 is 0 Å². The van der Waals surface area contributed by atoms with Crippen LogP contribution in [-0.2, 0) is 14.3 Å². The van der Waals surface area contributed by atoms with Gasteiger partial charge in [-0.25, -0.2) is 9.97 Å². The fraction of sp³-hybridized carbons (Fsp3) is 0.722. The minimum Gasteiger partial charge on any atom is -0.378 e. The molecule has 2 saturated heterocycles. The molecule has 0 spiro atoms. The molecule has 1 aromatic heterocycles. The maximum absolute atomic E-state index is 12.3. The molecule has 1 aromatic rings. The summed E-state index contributed by atoms with van der Waals surface area (Å²) in [4.78, 5) is 25.7. The fourth-order valence-electron chi connectivity index (χ4n) is 3.46. The Hall–Kier alpha value is -1.73. The van der Waals surface area contributed by atoms with Crippen LogP contribution in [0.5, 0.6) is 0 Å². The number of anilines is 1. The molecule has 0 radical (unpaired) electrons. The van der Waals surface area contributed by atoms with E-state index in [2.05, 4.69) is 20.9 Å². The van der Waals surface area contributed by atoms with Crippen molar-refractivity contribution in [2.45, 2.75) is 32.6 Å². The van der Waals surface area contributed by atoms with Crippen LogP contribution in [0.25, 0.3) is 0 Å². The van der Waals surface area contributed by atoms with E-state index in [1.54, 1.807) is 0 Å². The van der Waals surface area contributed by atoms with Crippen molar-refractivity contribution in [3.8, 4) is 0 Å². The number of aryl methyl sites for hydroxylation is 1. The van der Waals surface area contributed by atoms with Crippen LogP contribution in [-0.4, -0.2) is 73.4 Å². The second-order valence-electron chi connectivity index (χ2n) is 6.61. The summed E-state index contributed by atoms with van der Waals surface area (Å²) in [7, 11) is 0. The number of carbonyl (C=O) groups excluding carboxylic acids is 1. The maximum Gasteiger partial charge on any atom is 0.248 e. The lowest BCUT2D eigenvalue weighted by molar-refractivity contribution is -0.137. The van der Waals surface area contributed by atoms with Crippen LogP contribution in [0.1, 0.15) is 37.2 Å². The monoisotopic (exact) mass is 348 g/mol. The molecule has 1 amide bonds. The van der Waals surface area contributed by atoms with Gasteiger partial charge in [-0.05, 0) is 26.7 Å². The Bertz CT molecular complexity index is 590. The minimum absolute atomic E-state index is 0.0748. The van der Waals surface area contributed by atoms with Crippen molar-refractivity contribution in [3.63, 3.8) is 0 Å². The minimum atomic E-state index is 0.0748. The standard InChI is InChI=1S/C18H28N4O3/c1-3-24-13-18(23)22-6-4-5-15(12-22)16-11-17(20-14(2)19-16)21-7-9-25-10-8-21/h11,15H,3-10,12-13H2,1-2H3/t15-/m0/s1. The summed E-state index contributed by atoms with van der Waals surface area (Å²) in [5.41, 5.74) is 1.04. The van der Waals surface area contributed by atoms with E-state index in [1.165, 1.54) is 0 Å². The number of amides is 1. The third-order valence-electron chi connectivity index (χ3n) is 4.80. The molecule has 7 nitrogen and oxygen atoms in total. The number of aromatic nitrogens is 2. The number of morpholine rings is 1. The van der Waals surface area contributed by atoms with Crippen molar-refractivity contribution in [2.24, 2.45) is 0 Å². The zero-order chi connectivity index (χ0) is 17.6. The summed E-state index contributed by atoms with van der Waals surface area (Å²) >= 11 is 0. The van der Waals surface area contributed by atoms with E-state index in [-0.39, 0.29) is 18.4 Å². The number of ether oxygens (including phenoxy) is 2. The van der Waals surface area contributed by atoms with Crippen molar-refractivity contribution in [1.29, 1.82) is 0 Å². The first kappa shape index (κ1) is 18.1. The van der Waals surface area contributed by atoms with Gasteiger partial charge in [0, 0.05) is 44.8 Å². The zero-order valence-corrected chi connectivity index (χ0v) is 15.2. The lowest BCUT2D eigenvalue weighted by atomic mass is 9.94. The molecule has 2 fully saturated rings. The van der Waals surface area contributed by atoms with E-state index in [1.807, 2.05) is 18.7 Å². The van der Waals surface area contributed by atoms with Gasteiger partial charge in [0.05, 0.1) is 18.9 Å². The number of rotatable bonds is 5. The van der Waals surface area contributed by atoms with Crippen LogP contribution in [0.2, 0.25) is 0 Å². The van der Waals surface area contributed by atoms with Gasteiger partial charge in [0.2, 0.25) is 5.91 Å². The van der Waals surface area contributed by atoms with Crippen molar-refractivity contribution < 1.29 is 14.3 Å². The molecule has 0 unspecified atom stereocenters. The van der Waals surface area contributed by atoms with E-state index < -0.39 is 0 Å². The molecule has 0 aromatic carbocycles. The molecule has 3 heterocycles. The van der Waals surface area contributed by atoms with Gasteiger partial charge in [-0.15, -0.1) is 0 Å². The van der Waals surface area contributed by atoms with Crippen LogP contribution in [0.3, 0.4) is 0 Å². The summed E-state index contributed by atoms with van der Waals surface area (Å²) in [6.45, 7) is 9.30. The van der Waals surface area contributed by atoms with Crippen molar-refractivity contribution in [1.82, 2.24) is 14.9 Å². The summed E-state index contributed by atoms with van der Waals surface area (Å²) < 4.78 is 10.7. The molecule has 0 aliphatic carbocycles. The van der Waals surface area contributed by atoms with Crippen molar-refractivity contribution in [2.75, 3.05) is 57.5 Å². The molecule has 3 rings (SSSR count). The Morgan fingerprint density at radius 1 is 1.32 bits per heavy atom. The second-order valence-corrected chi connectivity index (χ2v) is 6.61. The van der Waals surface area contributed by atoms with E-state index in [0.29, 0.717) is 13.2 Å². The molecule has 0 bridgehead atoms. The average Bonchev–Trinajstić information content (AvgIpc) is 2.66. The highest BCUT2D eigenvalue weighted by Gasteiger charge is 2.26. The molecule has 25 heavy (non-hydrogen) atoms. The van der Waals surface area contributed by atoms with E-state index in [4.69, 9.17) is 9.47 Å². The average molecular weight is 348 g/mol. The van der Waals surface area contributed by atoms with E-state index in [9.17, 15) is 4.79 Å². The number of nitrogens with zero attached hydrogens (tertiary/aromatic N) is 4. The summed E-state index contributed by atoms with van der Waals surface area (Å²) in [6.07, 6.45) is 2.05. The maximum atomic E-state index is 12.3. The predicted octanol–water partition coefficient (Wildman–Crippen LogP) is 1.36. The largest absolute Gasteiger partial charge is 0.378 e. The molecule has 2 aliphatic rings. The van der Waals surface area contributed by atoms with Crippen LogP contribution in [0, 0.1) is 6.92 Å². The highest BCUT2D eigenvalue weighted by Crippen LogP contribution is 2.28. The number of likely N-dealkylation sites (tertiary alicyclic amines) is 1.